The average Bonchev–Trinajstić information content (AvgIpc) is 3.36. The molecule has 1 fully saturated rings. The van der Waals surface area contributed by atoms with Gasteiger partial charge in [0.25, 0.3) is 11.5 Å². The number of benzene rings is 3. The minimum Gasteiger partial charge on any atom is -0.447 e. The second-order valence-corrected chi connectivity index (χ2v) is 10.9. The van der Waals surface area contributed by atoms with Gasteiger partial charge in [0.1, 0.15) is 0 Å². The van der Waals surface area contributed by atoms with E-state index >= 15 is 0 Å². The highest BCUT2D eigenvalue weighted by molar-refractivity contribution is 6.11. The number of aromatic amines is 1. The molecule has 5 aromatic rings. The van der Waals surface area contributed by atoms with Gasteiger partial charge < -0.3 is 15.0 Å². The number of nitrogens with one attached hydrogen (secondary N) is 2. The molecule has 0 spiro atoms. The zero-order chi connectivity index (χ0) is 29.2. The molecule has 42 heavy (non-hydrogen) atoms. The lowest BCUT2D eigenvalue weighted by Gasteiger charge is -2.31. The van der Waals surface area contributed by atoms with Crippen molar-refractivity contribution in [2.45, 2.75) is 39.3 Å². The van der Waals surface area contributed by atoms with Crippen molar-refractivity contribution in [1.29, 1.82) is 0 Å². The zero-order valence-corrected chi connectivity index (χ0v) is 23.5. The van der Waals surface area contributed by atoms with Gasteiger partial charge in [-0.2, -0.15) is 10.2 Å². The van der Waals surface area contributed by atoms with Crippen LogP contribution in [0.2, 0.25) is 0 Å². The summed E-state index contributed by atoms with van der Waals surface area (Å²) in [7, 11) is 0. The molecule has 0 unspecified atom stereocenters. The third kappa shape index (κ3) is 5.47. The highest BCUT2D eigenvalue weighted by atomic mass is 16.6. The Balaban J connectivity index is 1.17. The van der Waals surface area contributed by atoms with Crippen LogP contribution in [-0.2, 0) is 11.3 Å². The van der Waals surface area contributed by atoms with Crippen LogP contribution in [0.4, 0.5) is 10.5 Å². The van der Waals surface area contributed by atoms with Crippen molar-refractivity contribution in [1.82, 2.24) is 24.9 Å². The fraction of sp³-hybridized carbons (Fsp3) is 0.281. The molecule has 1 aliphatic heterocycles. The number of anilines is 1. The summed E-state index contributed by atoms with van der Waals surface area (Å²) in [6.45, 7) is 5.65. The molecule has 0 aliphatic carbocycles. The first-order valence-electron chi connectivity index (χ1n) is 14.2. The Kier molecular flexibility index (Phi) is 7.43. The van der Waals surface area contributed by atoms with Crippen molar-refractivity contribution < 1.29 is 14.3 Å². The van der Waals surface area contributed by atoms with Crippen LogP contribution in [0.25, 0.3) is 32.9 Å². The predicted octanol–water partition coefficient (Wildman–Crippen LogP) is 5.45. The summed E-state index contributed by atoms with van der Waals surface area (Å²) >= 11 is 0. The standard InChI is InChI=1S/C32H32N6O4/c1-20(2)42-32(41)37-17-15-21(16-18-37)19-38-27-10-6-5-9-26(27)29(36-38)31(40)33-23-13-11-22(12-14-23)28-24-7-3-4-8-25(24)30(39)35-34-28/h3-14,20-21H,15-19H2,1-2H3,(H,33,40)(H,35,39). The predicted molar refractivity (Wildman–Crippen MR) is 161 cm³/mol. The summed E-state index contributed by atoms with van der Waals surface area (Å²) < 4.78 is 7.25. The number of nitrogens with zero attached hydrogens (tertiary/aromatic N) is 4. The van der Waals surface area contributed by atoms with Crippen LogP contribution < -0.4 is 10.9 Å². The van der Waals surface area contributed by atoms with E-state index in [1.807, 2.05) is 85.3 Å². The van der Waals surface area contributed by atoms with Crippen LogP contribution >= 0.6 is 0 Å². The summed E-state index contributed by atoms with van der Waals surface area (Å²) in [6.07, 6.45) is 1.29. The first-order chi connectivity index (χ1) is 20.4. The summed E-state index contributed by atoms with van der Waals surface area (Å²) in [5, 5.41) is 16.7. The molecule has 2 aromatic heterocycles. The normalized spacial score (nSPS) is 14.0. The molecule has 3 aromatic carbocycles. The van der Waals surface area contributed by atoms with Gasteiger partial charge in [0.2, 0.25) is 0 Å². The van der Waals surface area contributed by atoms with Crippen molar-refractivity contribution in [2.75, 3.05) is 18.4 Å². The third-order valence-electron chi connectivity index (χ3n) is 7.63. The van der Waals surface area contributed by atoms with Crippen LogP contribution in [0.3, 0.4) is 0 Å². The van der Waals surface area contributed by atoms with E-state index < -0.39 is 0 Å². The van der Waals surface area contributed by atoms with Crippen LogP contribution in [0, 0.1) is 5.92 Å². The van der Waals surface area contributed by atoms with Gasteiger partial charge in [0.15, 0.2) is 5.69 Å². The number of fused-ring (bicyclic) bond motifs is 2. The molecule has 3 heterocycles. The zero-order valence-electron chi connectivity index (χ0n) is 23.5. The molecule has 0 atom stereocenters. The number of carbonyl (C=O) groups excluding carboxylic acids is 2. The first kappa shape index (κ1) is 27.2. The summed E-state index contributed by atoms with van der Waals surface area (Å²) in [6, 6.07) is 22.4. The van der Waals surface area contributed by atoms with E-state index in [2.05, 4.69) is 15.5 Å². The SMILES string of the molecule is CC(C)OC(=O)N1CCC(Cn2nc(C(=O)Nc3ccc(-c4n[nH]c(=O)c5ccccc45)cc3)c3ccccc32)CC1. The number of hydrogen-bond donors (Lipinski definition) is 2. The Bertz CT molecular complexity index is 1820. The minimum absolute atomic E-state index is 0.138. The largest absolute Gasteiger partial charge is 0.447 e. The Hall–Kier alpha value is -4.99. The van der Waals surface area contributed by atoms with Crippen LogP contribution in [-0.4, -0.2) is 56.1 Å². The minimum atomic E-state index is -0.295. The quantitative estimate of drug-likeness (QED) is 0.283. The second-order valence-electron chi connectivity index (χ2n) is 10.9. The number of piperidine rings is 1. The molecule has 2 N–H and O–H groups in total. The lowest BCUT2D eigenvalue weighted by Crippen LogP contribution is -2.40. The van der Waals surface area contributed by atoms with Crippen molar-refractivity contribution >= 4 is 39.4 Å². The first-order valence-corrected chi connectivity index (χ1v) is 14.2. The number of H-pyrrole nitrogens is 1. The van der Waals surface area contributed by atoms with Crippen molar-refractivity contribution in [3.8, 4) is 11.3 Å². The summed E-state index contributed by atoms with van der Waals surface area (Å²) in [5.41, 5.74) is 3.13. The number of carbonyl (C=O) groups is 2. The van der Waals surface area contributed by atoms with E-state index in [1.54, 1.807) is 11.0 Å². The number of ether oxygens (including phenoxy) is 1. The average molecular weight is 565 g/mol. The fourth-order valence-corrected chi connectivity index (χ4v) is 5.49. The van der Waals surface area contributed by atoms with E-state index in [-0.39, 0.29) is 23.7 Å². The Morgan fingerprint density at radius 3 is 2.33 bits per heavy atom. The number of aromatic nitrogens is 4. The summed E-state index contributed by atoms with van der Waals surface area (Å²) in [4.78, 5) is 39.6. The number of amides is 2. The van der Waals surface area contributed by atoms with Gasteiger partial charge in [0, 0.05) is 41.7 Å². The van der Waals surface area contributed by atoms with Crippen LogP contribution in [0.15, 0.2) is 77.6 Å². The lowest BCUT2D eigenvalue weighted by atomic mass is 9.97. The van der Waals surface area contributed by atoms with E-state index in [0.717, 1.165) is 34.7 Å². The van der Waals surface area contributed by atoms with Crippen LogP contribution in [0.1, 0.15) is 37.2 Å². The molecule has 0 saturated carbocycles. The van der Waals surface area contributed by atoms with Crippen molar-refractivity contribution in [3.05, 3.63) is 88.8 Å². The molecular weight excluding hydrogens is 532 g/mol. The van der Waals surface area contributed by atoms with Crippen molar-refractivity contribution in [2.24, 2.45) is 5.92 Å². The number of likely N-dealkylation sites (tertiary alicyclic amines) is 1. The molecule has 10 heteroatoms. The smallest absolute Gasteiger partial charge is 0.410 e. The molecule has 0 bridgehead atoms. The molecule has 10 nitrogen and oxygen atoms in total. The second kappa shape index (κ2) is 11.5. The Morgan fingerprint density at radius 2 is 1.62 bits per heavy atom. The molecule has 2 amide bonds. The molecule has 1 saturated heterocycles. The van der Waals surface area contributed by atoms with Crippen LogP contribution in [0.5, 0.6) is 0 Å². The van der Waals surface area contributed by atoms with E-state index in [0.29, 0.717) is 48.0 Å². The van der Waals surface area contributed by atoms with E-state index in [1.165, 1.54) is 0 Å². The third-order valence-corrected chi connectivity index (χ3v) is 7.63. The maximum Gasteiger partial charge on any atom is 0.410 e. The molecule has 214 valence electrons. The molecule has 1 aliphatic rings. The highest BCUT2D eigenvalue weighted by Crippen LogP contribution is 2.27. The van der Waals surface area contributed by atoms with Gasteiger partial charge in [-0.05, 0) is 56.9 Å². The molecule has 6 rings (SSSR count). The number of hydrogen-bond acceptors (Lipinski definition) is 6. The maximum absolute atomic E-state index is 13.4. The Labute approximate surface area is 242 Å². The number of rotatable bonds is 6. The van der Waals surface area contributed by atoms with Crippen molar-refractivity contribution in [3.63, 3.8) is 0 Å². The van der Waals surface area contributed by atoms with E-state index in [4.69, 9.17) is 9.84 Å². The van der Waals surface area contributed by atoms with E-state index in [9.17, 15) is 14.4 Å². The van der Waals surface area contributed by atoms with Gasteiger partial charge in [-0.15, -0.1) is 0 Å². The highest BCUT2D eigenvalue weighted by Gasteiger charge is 2.26. The molecule has 0 radical (unpaired) electrons. The van der Waals surface area contributed by atoms with Gasteiger partial charge in [-0.3, -0.25) is 14.3 Å². The maximum atomic E-state index is 13.4. The monoisotopic (exact) mass is 564 g/mol. The van der Waals surface area contributed by atoms with Gasteiger partial charge >= 0.3 is 6.09 Å². The summed E-state index contributed by atoms with van der Waals surface area (Å²) in [5.74, 6) is 0.0362. The van der Waals surface area contributed by atoms with Gasteiger partial charge in [-0.25, -0.2) is 9.89 Å². The molecular formula is C32H32N6O4. The lowest BCUT2D eigenvalue weighted by molar-refractivity contribution is 0.0639. The Morgan fingerprint density at radius 1 is 0.952 bits per heavy atom. The number of para-hydroxylation sites is 1. The van der Waals surface area contributed by atoms with Gasteiger partial charge in [-0.1, -0.05) is 48.5 Å². The van der Waals surface area contributed by atoms with Gasteiger partial charge in [0.05, 0.1) is 22.7 Å². The topological polar surface area (TPSA) is 122 Å². The fourth-order valence-electron chi connectivity index (χ4n) is 5.49.